The zero-order valence-corrected chi connectivity index (χ0v) is 16.1. The van der Waals surface area contributed by atoms with Gasteiger partial charge >= 0.3 is 0 Å². The number of halogens is 1. The van der Waals surface area contributed by atoms with Crippen LogP contribution in [0.3, 0.4) is 0 Å². The summed E-state index contributed by atoms with van der Waals surface area (Å²) >= 11 is 7.89. The van der Waals surface area contributed by atoms with Crippen LogP contribution in [0.15, 0.2) is 12.3 Å². The Bertz CT molecular complexity index is 774. The number of nitrogens with zero attached hydrogens (tertiary/aromatic N) is 3. The van der Waals surface area contributed by atoms with Gasteiger partial charge in [0.1, 0.15) is 0 Å². The zero-order valence-electron chi connectivity index (χ0n) is 14.5. The van der Waals surface area contributed by atoms with Crippen molar-refractivity contribution >= 4 is 34.8 Å². The minimum absolute atomic E-state index is 0.115. The molecule has 8 heteroatoms. The molecule has 0 aliphatic carbocycles. The van der Waals surface area contributed by atoms with Crippen molar-refractivity contribution in [3.63, 3.8) is 0 Å². The number of carbonyl (C=O) groups is 1. The Balaban J connectivity index is 1.78. The summed E-state index contributed by atoms with van der Waals surface area (Å²) in [6.45, 7) is 8.74. The molecule has 2 aromatic rings. The molecular weight excluding hydrogens is 360 g/mol. The quantitative estimate of drug-likeness (QED) is 0.882. The first-order chi connectivity index (χ1) is 12.0. The monoisotopic (exact) mass is 380 g/mol. The minimum atomic E-state index is -0.294. The maximum atomic E-state index is 12.7. The van der Waals surface area contributed by atoms with Gasteiger partial charge in [-0.2, -0.15) is 0 Å². The van der Waals surface area contributed by atoms with Crippen LogP contribution in [-0.4, -0.2) is 42.2 Å². The molecular formula is C17H21ClN4O2S. The van der Waals surface area contributed by atoms with Gasteiger partial charge in [0, 0.05) is 22.8 Å². The fraction of sp³-hybridized carbons (Fsp3) is 0.471. The van der Waals surface area contributed by atoms with E-state index < -0.39 is 0 Å². The van der Waals surface area contributed by atoms with E-state index in [1.54, 1.807) is 11.3 Å². The summed E-state index contributed by atoms with van der Waals surface area (Å²) in [7, 11) is 0. The number of ether oxygens (including phenoxy) is 1. The SMILES string of the molecule is Cc1cc(C(C)NC(=O)c2nc(N3CCOCC3)ncc2Cl)c(C)s1. The van der Waals surface area contributed by atoms with Crippen LogP contribution in [-0.2, 0) is 4.74 Å². The van der Waals surface area contributed by atoms with Gasteiger partial charge in [0.05, 0.1) is 30.5 Å². The second-order valence-corrected chi connectivity index (χ2v) is 7.90. The number of amides is 1. The smallest absolute Gasteiger partial charge is 0.272 e. The number of thiophene rings is 1. The zero-order chi connectivity index (χ0) is 18.0. The van der Waals surface area contributed by atoms with Crippen molar-refractivity contribution in [1.29, 1.82) is 0 Å². The van der Waals surface area contributed by atoms with E-state index in [4.69, 9.17) is 16.3 Å². The van der Waals surface area contributed by atoms with Gasteiger partial charge in [-0.1, -0.05) is 11.6 Å². The Kier molecular flexibility index (Phi) is 5.56. The largest absolute Gasteiger partial charge is 0.378 e. The van der Waals surface area contributed by atoms with Crippen molar-refractivity contribution in [2.45, 2.75) is 26.8 Å². The van der Waals surface area contributed by atoms with E-state index in [0.29, 0.717) is 32.3 Å². The Morgan fingerprint density at radius 2 is 2.12 bits per heavy atom. The maximum absolute atomic E-state index is 12.7. The summed E-state index contributed by atoms with van der Waals surface area (Å²) in [5, 5.41) is 3.24. The van der Waals surface area contributed by atoms with Crippen LogP contribution in [0.2, 0.25) is 5.02 Å². The maximum Gasteiger partial charge on any atom is 0.272 e. The molecule has 1 aliphatic rings. The van der Waals surface area contributed by atoms with E-state index in [-0.39, 0.29) is 22.7 Å². The number of hydrogen-bond donors (Lipinski definition) is 1. The predicted molar refractivity (Wildman–Crippen MR) is 99.7 cm³/mol. The summed E-state index contributed by atoms with van der Waals surface area (Å²) in [6.07, 6.45) is 1.49. The topological polar surface area (TPSA) is 67.4 Å². The van der Waals surface area contributed by atoms with Crippen LogP contribution in [0.4, 0.5) is 5.95 Å². The highest BCUT2D eigenvalue weighted by molar-refractivity contribution is 7.12. The Labute approximate surface area is 156 Å². The van der Waals surface area contributed by atoms with Crippen LogP contribution in [0.25, 0.3) is 0 Å². The lowest BCUT2D eigenvalue weighted by molar-refractivity contribution is 0.0934. The molecule has 0 spiro atoms. The summed E-state index contributed by atoms with van der Waals surface area (Å²) in [5.74, 6) is 0.214. The van der Waals surface area contributed by atoms with Crippen LogP contribution >= 0.6 is 22.9 Å². The van der Waals surface area contributed by atoms with Gasteiger partial charge in [0.15, 0.2) is 5.69 Å². The molecule has 0 aromatic carbocycles. The molecule has 0 bridgehead atoms. The van der Waals surface area contributed by atoms with Crippen molar-refractivity contribution in [3.05, 3.63) is 38.3 Å². The molecule has 1 N–H and O–H groups in total. The van der Waals surface area contributed by atoms with Gasteiger partial charge in [0.25, 0.3) is 5.91 Å². The predicted octanol–water partition coefficient (Wildman–Crippen LogP) is 3.14. The molecule has 25 heavy (non-hydrogen) atoms. The van der Waals surface area contributed by atoms with E-state index in [1.165, 1.54) is 16.0 Å². The highest BCUT2D eigenvalue weighted by Crippen LogP contribution is 2.26. The normalized spacial score (nSPS) is 15.9. The number of anilines is 1. The Morgan fingerprint density at radius 3 is 2.76 bits per heavy atom. The highest BCUT2D eigenvalue weighted by atomic mass is 35.5. The molecule has 134 valence electrons. The summed E-state index contributed by atoms with van der Waals surface area (Å²) in [6, 6.07) is 1.99. The molecule has 1 unspecified atom stereocenters. The van der Waals surface area contributed by atoms with Gasteiger partial charge in [-0.3, -0.25) is 4.79 Å². The van der Waals surface area contributed by atoms with Crippen molar-refractivity contribution in [3.8, 4) is 0 Å². The van der Waals surface area contributed by atoms with Crippen LogP contribution in [0.1, 0.15) is 38.8 Å². The van der Waals surface area contributed by atoms with E-state index in [2.05, 4.69) is 35.2 Å². The van der Waals surface area contributed by atoms with E-state index >= 15 is 0 Å². The molecule has 0 radical (unpaired) electrons. The van der Waals surface area contributed by atoms with Gasteiger partial charge in [-0.25, -0.2) is 9.97 Å². The molecule has 2 aromatic heterocycles. The van der Waals surface area contributed by atoms with Crippen molar-refractivity contribution in [2.24, 2.45) is 0 Å². The third-order valence-electron chi connectivity index (χ3n) is 4.13. The van der Waals surface area contributed by atoms with Crippen molar-refractivity contribution in [2.75, 3.05) is 31.2 Å². The summed E-state index contributed by atoms with van der Waals surface area (Å²) in [5.41, 5.74) is 1.32. The van der Waals surface area contributed by atoms with Crippen LogP contribution in [0.5, 0.6) is 0 Å². The van der Waals surface area contributed by atoms with Gasteiger partial charge in [-0.05, 0) is 32.4 Å². The van der Waals surface area contributed by atoms with E-state index in [9.17, 15) is 4.79 Å². The minimum Gasteiger partial charge on any atom is -0.378 e. The molecule has 6 nitrogen and oxygen atoms in total. The van der Waals surface area contributed by atoms with Crippen molar-refractivity contribution < 1.29 is 9.53 Å². The average Bonchev–Trinajstić information content (AvgIpc) is 2.94. The third-order valence-corrected chi connectivity index (χ3v) is 5.39. The molecule has 1 aliphatic heterocycles. The first-order valence-corrected chi connectivity index (χ1v) is 9.38. The number of carbonyl (C=O) groups excluding carboxylic acids is 1. The molecule has 1 fully saturated rings. The molecule has 1 amide bonds. The number of aromatic nitrogens is 2. The standard InChI is InChI=1S/C17H21ClN4O2S/c1-10-8-13(12(3)25-10)11(2)20-16(23)15-14(18)9-19-17(21-15)22-4-6-24-7-5-22/h8-9,11H,4-7H2,1-3H3,(H,20,23). The lowest BCUT2D eigenvalue weighted by Crippen LogP contribution is -2.38. The fourth-order valence-electron chi connectivity index (χ4n) is 2.86. The second kappa shape index (κ2) is 7.68. The van der Waals surface area contributed by atoms with Crippen LogP contribution in [0, 0.1) is 13.8 Å². The number of morpholine rings is 1. The molecule has 3 rings (SSSR count). The van der Waals surface area contributed by atoms with E-state index in [1.807, 2.05) is 11.8 Å². The third kappa shape index (κ3) is 4.11. The molecule has 1 saturated heterocycles. The number of rotatable bonds is 4. The summed E-state index contributed by atoms with van der Waals surface area (Å²) < 4.78 is 5.34. The summed E-state index contributed by atoms with van der Waals surface area (Å²) in [4.78, 5) is 25.7. The molecule has 3 heterocycles. The lowest BCUT2D eigenvalue weighted by Gasteiger charge is -2.27. The highest BCUT2D eigenvalue weighted by Gasteiger charge is 2.21. The first kappa shape index (κ1) is 18.1. The van der Waals surface area contributed by atoms with Crippen LogP contribution < -0.4 is 10.2 Å². The number of nitrogens with one attached hydrogen (secondary N) is 1. The molecule has 0 saturated carbocycles. The number of hydrogen-bond acceptors (Lipinski definition) is 6. The fourth-order valence-corrected chi connectivity index (χ4v) is 4.06. The first-order valence-electron chi connectivity index (χ1n) is 8.18. The van der Waals surface area contributed by atoms with Gasteiger partial charge in [-0.15, -0.1) is 11.3 Å². The second-order valence-electron chi connectivity index (χ2n) is 6.03. The Hall–Kier alpha value is -1.70. The van der Waals surface area contributed by atoms with Crippen molar-refractivity contribution in [1.82, 2.24) is 15.3 Å². The lowest BCUT2D eigenvalue weighted by atomic mass is 10.1. The van der Waals surface area contributed by atoms with E-state index in [0.717, 1.165) is 5.56 Å². The number of aryl methyl sites for hydroxylation is 2. The Morgan fingerprint density at radius 1 is 1.40 bits per heavy atom. The molecule has 1 atom stereocenters. The van der Waals surface area contributed by atoms with Gasteiger partial charge in [0.2, 0.25) is 5.95 Å². The average molecular weight is 381 g/mol. The van der Waals surface area contributed by atoms with Gasteiger partial charge < -0.3 is 15.0 Å².